The van der Waals surface area contributed by atoms with Crippen molar-refractivity contribution >= 4 is 33.2 Å². The molecule has 0 saturated carbocycles. The van der Waals surface area contributed by atoms with Crippen molar-refractivity contribution in [3.8, 4) is 0 Å². The molecule has 1 aromatic carbocycles. The van der Waals surface area contributed by atoms with E-state index in [9.17, 15) is 4.79 Å². The lowest BCUT2D eigenvalue weighted by Gasteiger charge is -2.21. The zero-order valence-corrected chi connectivity index (χ0v) is 14.7. The first-order chi connectivity index (χ1) is 11.2. The maximum atomic E-state index is 13.2. The van der Waals surface area contributed by atoms with Crippen molar-refractivity contribution in [2.45, 2.75) is 20.3 Å². The molecule has 23 heavy (non-hydrogen) atoms. The summed E-state index contributed by atoms with van der Waals surface area (Å²) in [6.45, 7) is 4.61. The van der Waals surface area contributed by atoms with Gasteiger partial charge in [0, 0.05) is 22.9 Å². The highest BCUT2D eigenvalue weighted by Crippen LogP contribution is 2.22. The number of imidazole rings is 1. The van der Waals surface area contributed by atoms with Crippen molar-refractivity contribution in [3.63, 3.8) is 0 Å². The van der Waals surface area contributed by atoms with Crippen molar-refractivity contribution in [3.05, 3.63) is 64.5 Å². The number of pyridine rings is 1. The number of rotatable bonds is 4. The fourth-order valence-electron chi connectivity index (χ4n) is 2.72. The minimum atomic E-state index is -0.0267. The van der Waals surface area contributed by atoms with Gasteiger partial charge in [0.05, 0.1) is 5.69 Å². The SMILES string of the molecule is CCc1nc2ccc(Br)cn2c1C(=O)N(CC)c1ccccc1. The number of hydrogen-bond acceptors (Lipinski definition) is 2. The van der Waals surface area contributed by atoms with Crippen molar-refractivity contribution in [1.82, 2.24) is 9.38 Å². The number of carbonyl (C=O) groups is 1. The molecule has 0 bridgehead atoms. The Morgan fingerprint density at radius 2 is 1.91 bits per heavy atom. The molecule has 0 fully saturated rings. The Bertz CT molecular complexity index is 842. The van der Waals surface area contributed by atoms with Crippen LogP contribution in [0.3, 0.4) is 0 Å². The lowest BCUT2D eigenvalue weighted by atomic mass is 10.2. The predicted octanol–water partition coefficient (Wildman–Crippen LogP) is 4.33. The minimum absolute atomic E-state index is 0.0267. The number of hydrogen-bond donors (Lipinski definition) is 0. The number of halogens is 1. The van der Waals surface area contributed by atoms with Crippen LogP contribution in [0.1, 0.15) is 30.0 Å². The molecule has 0 spiro atoms. The summed E-state index contributed by atoms with van der Waals surface area (Å²) in [6.07, 6.45) is 2.61. The zero-order chi connectivity index (χ0) is 16.4. The van der Waals surface area contributed by atoms with Gasteiger partial charge in [0.1, 0.15) is 11.3 Å². The number of amides is 1. The van der Waals surface area contributed by atoms with Gasteiger partial charge in [0.2, 0.25) is 0 Å². The lowest BCUT2D eigenvalue weighted by Crippen LogP contribution is -2.32. The summed E-state index contributed by atoms with van der Waals surface area (Å²) in [6, 6.07) is 13.6. The largest absolute Gasteiger partial charge is 0.307 e. The molecule has 0 atom stereocenters. The van der Waals surface area contributed by atoms with Crippen LogP contribution in [0.4, 0.5) is 5.69 Å². The van der Waals surface area contributed by atoms with Crippen molar-refractivity contribution in [2.75, 3.05) is 11.4 Å². The molecule has 3 rings (SSSR count). The fourth-order valence-corrected chi connectivity index (χ4v) is 3.06. The highest BCUT2D eigenvalue weighted by molar-refractivity contribution is 9.10. The summed E-state index contributed by atoms with van der Waals surface area (Å²) in [4.78, 5) is 19.6. The third-order valence-corrected chi connectivity index (χ3v) is 4.29. The van der Waals surface area contributed by atoms with E-state index in [4.69, 9.17) is 0 Å². The Morgan fingerprint density at radius 3 is 2.57 bits per heavy atom. The van der Waals surface area contributed by atoms with E-state index in [0.29, 0.717) is 18.7 Å². The summed E-state index contributed by atoms with van der Waals surface area (Å²) in [5.74, 6) is -0.0267. The van der Waals surface area contributed by atoms with Gasteiger partial charge >= 0.3 is 0 Å². The quantitative estimate of drug-likeness (QED) is 0.684. The normalized spacial score (nSPS) is 10.9. The number of aryl methyl sites for hydroxylation is 1. The Labute approximate surface area is 143 Å². The molecule has 118 valence electrons. The van der Waals surface area contributed by atoms with Crippen molar-refractivity contribution in [2.24, 2.45) is 0 Å². The molecule has 3 aromatic rings. The topological polar surface area (TPSA) is 37.6 Å². The molecule has 0 radical (unpaired) electrons. The summed E-state index contributed by atoms with van der Waals surface area (Å²) in [5.41, 5.74) is 3.14. The highest BCUT2D eigenvalue weighted by Gasteiger charge is 2.23. The van der Waals surface area contributed by atoms with Gasteiger partial charge in [-0.3, -0.25) is 9.20 Å². The lowest BCUT2D eigenvalue weighted by molar-refractivity contribution is 0.0981. The molecule has 5 heteroatoms. The number of aromatic nitrogens is 2. The first-order valence-electron chi connectivity index (χ1n) is 7.69. The molecule has 0 aliphatic carbocycles. The third-order valence-electron chi connectivity index (χ3n) is 3.82. The van der Waals surface area contributed by atoms with Crippen molar-refractivity contribution in [1.29, 1.82) is 0 Å². The van der Waals surface area contributed by atoms with E-state index in [1.165, 1.54) is 0 Å². The van der Waals surface area contributed by atoms with Gasteiger partial charge in [0.25, 0.3) is 5.91 Å². The van der Waals surface area contributed by atoms with Crippen LogP contribution >= 0.6 is 15.9 Å². The summed E-state index contributed by atoms with van der Waals surface area (Å²) >= 11 is 3.47. The minimum Gasteiger partial charge on any atom is -0.307 e. The average Bonchev–Trinajstić information content (AvgIpc) is 2.94. The van der Waals surface area contributed by atoms with E-state index in [-0.39, 0.29) is 5.91 Å². The Hall–Kier alpha value is -2.14. The maximum absolute atomic E-state index is 13.2. The molecule has 0 unspecified atom stereocenters. The fraction of sp³-hybridized carbons (Fsp3) is 0.222. The predicted molar refractivity (Wildman–Crippen MR) is 96.1 cm³/mol. The number of para-hydroxylation sites is 1. The summed E-state index contributed by atoms with van der Waals surface area (Å²) in [5, 5.41) is 0. The molecule has 2 aromatic heterocycles. The van der Waals surface area contributed by atoms with Gasteiger partial charge in [-0.25, -0.2) is 4.98 Å². The Balaban J connectivity index is 2.14. The van der Waals surface area contributed by atoms with Crippen molar-refractivity contribution < 1.29 is 4.79 Å². The van der Waals surface area contributed by atoms with Gasteiger partial charge in [-0.15, -0.1) is 0 Å². The number of benzene rings is 1. The number of nitrogens with zero attached hydrogens (tertiary/aromatic N) is 3. The Morgan fingerprint density at radius 1 is 1.17 bits per heavy atom. The van der Waals surface area contributed by atoms with Crippen LogP contribution in [-0.4, -0.2) is 21.8 Å². The first kappa shape index (κ1) is 15.7. The van der Waals surface area contributed by atoms with E-state index >= 15 is 0 Å². The molecular weight excluding hydrogens is 354 g/mol. The van der Waals surface area contributed by atoms with E-state index in [1.54, 1.807) is 4.90 Å². The van der Waals surface area contributed by atoms with E-state index in [0.717, 1.165) is 21.5 Å². The molecule has 4 nitrogen and oxygen atoms in total. The third kappa shape index (κ3) is 2.88. The molecule has 0 aliphatic heterocycles. The maximum Gasteiger partial charge on any atom is 0.277 e. The van der Waals surface area contributed by atoms with E-state index in [2.05, 4.69) is 20.9 Å². The van der Waals surface area contributed by atoms with Crippen LogP contribution in [-0.2, 0) is 6.42 Å². The molecule has 0 saturated heterocycles. The molecule has 2 heterocycles. The summed E-state index contributed by atoms with van der Waals surface area (Å²) < 4.78 is 2.79. The van der Waals surface area contributed by atoms with Gasteiger partial charge in [0.15, 0.2) is 0 Å². The number of fused-ring (bicyclic) bond motifs is 1. The van der Waals surface area contributed by atoms with Crippen LogP contribution in [0.5, 0.6) is 0 Å². The Kier molecular flexibility index (Phi) is 4.48. The second-order valence-corrected chi connectivity index (χ2v) is 6.14. The molecule has 1 amide bonds. The van der Waals surface area contributed by atoms with Gasteiger partial charge < -0.3 is 4.90 Å². The number of anilines is 1. The molecular formula is C18H18BrN3O. The van der Waals surface area contributed by atoms with Crippen LogP contribution in [0, 0.1) is 0 Å². The van der Waals surface area contributed by atoms with Gasteiger partial charge in [-0.1, -0.05) is 25.1 Å². The van der Waals surface area contributed by atoms with E-state index in [1.807, 2.05) is 66.9 Å². The molecule has 0 N–H and O–H groups in total. The van der Waals surface area contributed by atoms with Crippen LogP contribution in [0.2, 0.25) is 0 Å². The summed E-state index contributed by atoms with van der Waals surface area (Å²) in [7, 11) is 0. The zero-order valence-electron chi connectivity index (χ0n) is 13.2. The first-order valence-corrected chi connectivity index (χ1v) is 8.48. The average molecular weight is 372 g/mol. The van der Waals surface area contributed by atoms with E-state index < -0.39 is 0 Å². The standard InChI is InChI=1S/C18H18BrN3O/c1-3-15-17(22-12-13(19)10-11-16(22)20-15)18(23)21(4-2)14-8-6-5-7-9-14/h5-12H,3-4H2,1-2H3. The van der Waals surface area contributed by atoms with Gasteiger partial charge in [-0.2, -0.15) is 0 Å². The van der Waals surface area contributed by atoms with Gasteiger partial charge in [-0.05, 0) is 53.5 Å². The monoisotopic (exact) mass is 371 g/mol. The molecule has 0 aliphatic rings. The van der Waals surface area contributed by atoms with Crippen LogP contribution in [0.15, 0.2) is 53.1 Å². The number of carbonyl (C=O) groups excluding carboxylic acids is 1. The second-order valence-electron chi connectivity index (χ2n) is 5.22. The highest BCUT2D eigenvalue weighted by atomic mass is 79.9. The van der Waals surface area contributed by atoms with Crippen LogP contribution in [0.25, 0.3) is 5.65 Å². The van der Waals surface area contributed by atoms with Crippen LogP contribution < -0.4 is 4.90 Å². The smallest absolute Gasteiger partial charge is 0.277 e. The second kappa shape index (κ2) is 6.54.